The number of aryl methyl sites for hydroxylation is 4. The molecule has 0 saturated heterocycles. The number of carboxylic acid groups (broad SMARTS) is 1. The van der Waals surface area contributed by atoms with E-state index in [-0.39, 0.29) is 11.7 Å². The van der Waals surface area contributed by atoms with E-state index in [1.165, 1.54) is 60.8 Å². The standard InChI is InChI=1S/C19H16N2O2.C11H12O2.C10H9ClO.C10H10O3.C10H10O2/c1-15-2-4-16(5-3-15)6-11-19(22)23-18-9-7-17(8-10-18)21-13-12-20-14-21;1-9-3-5-10(6-4-9)7-8-11(12)13-2;1-8-2-4-9(5-3-8)6-7-10(11)12;1-13-10(12)7-4-8-2-5-9(11)6-3-8;1-8-2-4-9(5-3-8)6-7-10(11)12/h2-14H,1H3;3-8H,1-2H3;2-7H,1H3;2-7,11H,1H3;2-7H,1H3,(H,11,12)/b11-6+;8-7+;7-6+;7-4+;7-6+. The number of aliphatic carboxylic acids is 1. The molecular weight excluding hydrogens is 944 g/mol. The summed E-state index contributed by atoms with van der Waals surface area (Å²) in [4.78, 5) is 57.8. The minimum Gasteiger partial charge on any atom is -0.508 e. The van der Waals surface area contributed by atoms with Gasteiger partial charge in [0.2, 0.25) is 5.24 Å². The zero-order valence-electron chi connectivity index (χ0n) is 41.3. The van der Waals surface area contributed by atoms with E-state index in [9.17, 15) is 24.0 Å². The van der Waals surface area contributed by atoms with Crippen LogP contribution in [0.4, 0.5) is 0 Å². The molecule has 0 atom stereocenters. The molecule has 0 aliphatic rings. The lowest BCUT2D eigenvalue weighted by atomic mass is 10.1. The minimum absolute atomic E-state index is 0.204. The molecule has 0 fully saturated rings. The van der Waals surface area contributed by atoms with Gasteiger partial charge in [0.15, 0.2) is 0 Å². The first-order valence-electron chi connectivity index (χ1n) is 22.4. The van der Waals surface area contributed by atoms with Crippen molar-refractivity contribution in [1.29, 1.82) is 0 Å². The van der Waals surface area contributed by atoms with E-state index in [4.69, 9.17) is 26.6 Å². The van der Waals surface area contributed by atoms with Crippen LogP contribution in [0.1, 0.15) is 50.1 Å². The molecule has 2 N–H and O–H groups in total. The molecule has 7 aromatic rings. The van der Waals surface area contributed by atoms with Gasteiger partial charge in [-0.25, -0.2) is 24.2 Å². The number of carboxylic acids is 1. The quantitative estimate of drug-likeness (QED) is 0.0516. The largest absolute Gasteiger partial charge is 0.508 e. The first-order valence-corrected chi connectivity index (χ1v) is 22.7. The maximum Gasteiger partial charge on any atom is 0.336 e. The van der Waals surface area contributed by atoms with Gasteiger partial charge in [-0.3, -0.25) is 4.79 Å². The predicted octanol–water partition coefficient (Wildman–Crippen LogP) is 12.4. The number of allylic oxidation sites excluding steroid dienone is 1. The number of phenolic OH excluding ortho intramolecular Hbond substituents is 1. The molecule has 0 aliphatic carbocycles. The second-order valence-electron chi connectivity index (χ2n) is 15.5. The number of nitrogens with zero attached hydrogens (tertiary/aromatic N) is 2. The van der Waals surface area contributed by atoms with Crippen molar-refractivity contribution in [1.82, 2.24) is 9.55 Å². The number of ether oxygens (including phenoxy) is 3. The van der Waals surface area contributed by atoms with Crippen molar-refractivity contribution < 1.29 is 48.4 Å². The zero-order valence-corrected chi connectivity index (χ0v) is 42.1. The second kappa shape index (κ2) is 32.6. The number of imidazole rings is 1. The fourth-order valence-corrected chi connectivity index (χ4v) is 5.57. The van der Waals surface area contributed by atoms with Gasteiger partial charge >= 0.3 is 23.9 Å². The molecule has 0 radical (unpaired) electrons. The van der Waals surface area contributed by atoms with Crippen LogP contribution in [0.2, 0.25) is 0 Å². The zero-order chi connectivity index (χ0) is 53.4. The lowest BCUT2D eigenvalue weighted by Gasteiger charge is -2.04. The number of hydrogen-bond donors (Lipinski definition) is 2. The van der Waals surface area contributed by atoms with Crippen LogP contribution in [-0.2, 0) is 33.4 Å². The number of hydrogen-bond acceptors (Lipinski definition) is 10. The third-order valence-electron chi connectivity index (χ3n) is 9.52. The number of rotatable bonds is 12. The maximum atomic E-state index is 11.8. The Bertz CT molecular complexity index is 2800. The fourth-order valence-electron chi connectivity index (χ4n) is 5.50. The molecule has 1 aromatic heterocycles. The number of aromatic hydroxyl groups is 1. The Morgan fingerprint density at radius 2 is 0.822 bits per heavy atom. The van der Waals surface area contributed by atoms with Crippen molar-refractivity contribution in [2.75, 3.05) is 14.2 Å². The highest BCUT2D eigenvalue weighted by Crippen LogP contribution is 2.16. The van der Waals surface area contributed by atoms with Crippen molar-refractivity contribution in [3.8, 4) is 17.2 Å². The lowest BCUT2D eigenvalue weighted by molar-refractivity contribution is -0.135. The molecule has 0 amide bonds. The summed E-state index contributed by atoms with van der Waals surface area (Å²) in [6.07, 6.45) is 20.2. The molecule has 0 aliphatic heterocycles. The van der Waals surface area contributed by atoms with Gasteiger partial charge in [0.25, 0.3) is 0 Å². The van der Waals surface area contributed by atoms with Crippen molar-refractivity contribution in [2.45, 2.75) is 27.7 Å². The molecule has 73 heavy (non-hydrogen) atoms. The average Bonchev–Trinajstić information content (AvgIpc) is 3.94. The molecule has 13 heteroatoms. The van der Waals surface area contributed by atoms with Crippen molar-refractivity contribution in [3.63, 3.8) is 0 Å². The van der Waals surface area contributed by atoms with Gasteiger partial charge in [0.05, 0.1) is 20.5 Å². The molecular formula is C60H57ClN2O10. The summed E-state index contributed by atoms with van der Waals surface area (Å²) in [5.41, 5.74) is 10.4. The minimum atomic E-state index is -0.921. The molecule has 0 spiro atoms. The summed E-state index contributed by atoms with van der Waals surface area (Å²) in [7, 11) is 2.69. The van der Waals surface area contributed by atoms with Gasteiger partial charge < -0.3 is 29.0 Å². The Morgan fingerprint density at radius 3 is 1.15 bits per heavy atom. The molecule has 0 saturated carbocycles. The van der Waals surface area contributed by atoms with Crippen LogP contribution in [0.5, 0.6) is 11.5 Å². The molecule has 1 heterocycles. The number of halogens is 1. The van der Waals surface area contributed by atoms with Crippen LogP contribution in [-0.4, -0.2) is 63.1 Å². The number of benzene rings is 6. The highest BCUT2D eigenvalue weighted by molar-refractivity contribution is 6.66. The Balaban J connectivity index is 0.000000249. The molecule has 0 unspecified atom stereocenters. The van der Waals surface area contributed by atoms with Crippen LogP contribution in [0.15, 0.2) is 195 Å². The SMILES string of the molecule is COC(=O)/C=C/c1ccc(C)cc1.COC(=O)/C=C/c1ccc(O)cc1.Cc1ccc(/C=C/C(=O)Cl)cc1.Cc1ccc(/C=C/C(=O)O)cc1.Cc1ccc(/C=C/C(=O)Oc2ccc(-n3ccnc3)cc2)cc1. The summed E-state index contributed by atoms with van der Waals surface area (Å²) >= 11 is 5.13. The maximum absolute atomic E-state index is 11.8. The van der Waals surface area contributed by atoms with Crippen LogP contribution in [0.3, 0.4) is 0 Å². The smallest absolute Gasteiger partial charge is 0.336 e. The van der Waals surface area contributed by atoms with Gasteiger partial charge in [-0.1, -0.05) is 138 Å². The van der Waals surface area contributed by atoms with E-state index in [1.807, 2.05) is 148 Å². The Morgan fingerprint density at radius 1 is 0.479 bits per heavy atom. The fraction of sp³-hybridized carbons (Fsp3) is 0.100. The van der Waals surface area contributed by atoms with Crippen LogP contribution >= 0.6 is 11.6 Å². The van der Waals surface area contributed by atoms with Gasteiger partial charge in [-0.05, 0) is 134 Å². The molecule has 7 rings (SSSR count). The highest BCUT2D eigenvalue weighted by Gasteiger charge is 2.02. The average molecular weight is 1000 g/mol. The number of methoxy groups -OCH3 is 2. The van der Waals surface area contributed by atoms with E-state index in [0.717, 1.165) is 39.6 Å². The summed E-state index contributed by atoms with van der Waals surface area (Å²) in [5.74, 6) is -1.34. The number of carbonyl (C=O) groups is 5. The first kappa shape index (κ1) is 58.2. The highest BCUT2D eigenvalue weighted by atomic mass is 35.5. The number of esters is 3. The normalized spacial score (nSPS) is 10.5. The summed E-state index contributed by atoms with van der Waals surface area (Å²) in [6.45, 7) is 8.05. The number of phenols is 1. The van der Waals surface area contributed by atoms with Gasteiger partial charge in [-0.15, -0.1) is 0 Å². The summed E-state index contributed by atoms with van der Waals surface area (Å²) in [6, 6.07) is 45.1. The Labute approximate surface area is 431 Å². The van der Waals surface area contributed by atoms with Gasteiger partial charge in [0, 0.05) is 42.4 Å². The van der Waals surface area contributed by atoms with E-state index in [1.54, 1.807) is 79.3 Å². The second-order valence-corrected chi connectivity index (χ2v) is 15.8. The van der Waals surface area contributed by atoms with Crippen molar-refractivity contribution in [2.24, 2.45) is 0 Å². The van der Waals surface area contributed by atoms with Crippen molar-refractivity contribution in [3.05, 3.63) is 245 Å². The van der Waals surface area contributed by atoms with Crippen LogP contribution in [0, 0.1) is 27.7 Å². The van der Waals surface area contributed by atoms with Crippen LogP contribution in [0.25, 0.3) is 36.1 Å². The molecule has 6 aromatic carbocycles. The predicted molar refractivity (Wildman–Crippen MR) is 290 cm³/mol. The summed E-state index contributed by atoms with van der Waals surface area (Å²) in [5, 5.41) is 16.9. The van der Waals surface area contributed by atoms with Gasteiger partial charge in [-0.2, -0.15) is 0 Å². The third kappa shape index (κ3) is 25.9. The van der Waals surface area contributed by atoms with E-state index >= 15 is 0 Å². The van der Waals surface area contributed by atoms with Crippen LogP contribution < -0.4 is 4.74 Å². The van der Waals surface area contributed by atoms with Gasteiger partial charge in [0.1, 0.15) is 11.5 Å². The number of carbonyl (C=O) groups excluding carboxylic acids is 4. The van der Waals surface area contributed by atoms with E-state index in [0.29, 0.717) is 5.75 Å². The topological polar surface area (TPSA) is 171 Å². The Hall–Kier alpha value is -9.13. The molecule has 374 valence electrons. The Kier molecular flexibility index (Phi) is 26.0. The van der Waals surface area contributed by atoms with E-state index in [2.05, 4.69) is 14.5 Å². The lowest BCUT2D eigenvalue weighted by Crippen LogP contribution is -2.03. The monoisotopic (exact) mass is 1000 g/mol. The van der Waals surface area contributed by atoms with Crippen molar-refractivity contribution >= 4 is 71.1 Å². The summed E-state index contributed by atoms with van der Waals surface area (Å²) < 4.78 is 16.0. The third-order valence-corrected chi connectivity index (χ3v) is 9.65. The molecule has 0 bridgehead atoms. The molecule has 12 nitrogen and oxygen atoms in total. The number of aromatic nitrogens is 2. The van der Waals surface area contributed by atoms with E-state index < -0.39 is 23.2 Å². The first-order chi connectivity index (χ1) is 35.0.